The molecule has 0 radical (unpaired) electrons. The van der Waals surface area contributed by atoms with Crippen molar-refractivity contribution in [3.05, 3.63) is 33.8 Å². The molecule has 3 unspecified atom stereocenters. The molecule has 0 aromatic heterocycles. The van der Waals surface area contributed by atoms with Gasteiger partial charge in [0, 0.05) is 6.04 Å². The number of halogens is 2. The summed E-state index contributed by atoms with van der Waals surface area (Å²) >= 11 is 11.9. The van der Waals surface area contributed by atoms with Crippen LogP contribution in [0.3, 0.4) is 0 Å². The van der Waals surface area contributed by atoms with E-state index in [-0.39, 0.29) is 0 Å². The third kappa shape index (κ3) is 1.66. The molecule has 2 aliphatic rings. The summed E-state index contributed by atoms with van der Waals surface area (Å²) in [5, 5.41) is 1.30. The van der Waals surface area contributed by atoms with Gasteiger partial charge >= 0.3 is 0 Å². The standard InChI is InChI=1S/C13H15Cl2N/c14-10-2-1-8(5-11(10)15)6-13-4-3-12(16)9(13)7-13/h1-2,5,9,12H,3-4,6-7,16H2. The van der Waals surface area contributed by atoms with Gasteiger partial charge in [0.25, 0.3) is 0 Å². The van der Waals surface area contributed by atoms with Crippen molar-refractivity contribution >= 4 is 23.2 Å². The van der Waals surface area contributed by atoms with E-state index in [9.17, 15) is 0 Å². The Hall–Kier alpha value is -0.240. The molecule has 0 amide bonds. The van der Waals surface area contributed by atoms with Crippen molar-refractivity contribution in [3.8, 4) is 0 Å². The van der Waals surface area contributed by atoms with Crippen molar-refractivity contribution in [1.29, 1.82) is 0 Å². The number of benzene rings is 1. The van der Waals surface area contributed by atoms with Crippen LogP contribution in [0.4, 0.5) is 0 Å². The minimum Gasteiger partial charge on any atom is -0.327 e. The highest BCUT2D eigenvalue weighted by Gasteiger charge is 2.59. The van der Waals surface area contributed by atoms with Gasteiger partial charge in [-0.3, -0.25) is 0 Å². The van der Waals surface area contributed by atoms with Gasteiger partial charge in [0.1, 0.15) is 0 Å². The Morgan fingerprint density at radius 2 is 2.12 bits per heavy atom. The smallest absolute Gasteiger partial charge is 0.0595 e. The molecule has 0 saturated heterocycles. The first-order valence-electron chi connectivity index (χ1n) is 5.80. The normalized spacial score (nSPS) is 36.2. The second kappa shape index (κ2) is 3.63. The fourth-order valence-corrected chi connectivity index (χ4v) is 3.60. The van der Waals surface area contributed by atoms with E-state index in [1.54, 1.807) is 0 Å². The van der Waals surface area contributed by atoms with Crippen LogP contribution >= 0.6 is 23.2 Å². The van der Waals surface area contributed by atoms with Crippen LogP contribution in [0, 0.1) is 11.3 Å². The summed E-state index contributed by atoms with van der Waals surface area (Å²) in [6, 6.07) is 6.41. The van der Waals surface area contributed by atoms with Gasteiger partial charge in [-0.1, -0.05) is 29.3 Å². The van der Waals surface area contributed by atoms with Gasteiger partial charge in [0.2, 0.25) is 0 Å². The van der Waals surface area contributed by atoms with E-state index in [1.165, 1.54) is 24.8 Å². The van der Waals surface area contributed by atoms with Crippen LogP contribution in [-0.2, 0) is 6.42 Å². The average Bonchev–Trinajstić information content (AvgIpc) is 2.88. The topological polar surface area (TPSA) is 26.0 Å². The van der Waals surface area contributed by atoms with Crippen LogP contribution in [0.15, 0.2) is 18.2 Å². The van der Waals surface area contributed by atoms with Gasteiger partial charge < -0.3 is 5.73 Å². The van der Waals surface area contributed by atoms with Crippen molar-refractivity contribution in [2.24, 2.45) is 17.1 Å². The highest BCUT2D eigenvalue weighted by molar-refractivity contribution is 6.42. The molecule has 1 aromatic rings. The number of rotatable bonds is 2. The third-order valence-corrected chi connectivity index (χ3v) is 5.02. The molecule has 16 heavy (non-hydrogen) atoms. The molecule has 2 saturated carbocycles. The maximum Gasteiger partial charge on any atom is 0.0595 e. The molecule has 1 aromatic carbocycles. The van der Waals surface area contributed by atoms with Gasteiger partial charge in [-0.05, 0) is 54.7 Å². The largest absolute Gasteiger partial charge is 0.327 e. The first-order valence-corrected chi connectivity index (χ1v) is 6.56. The maximum absolute atomic E-state index is 6.07. The highest BCUT2D eigenvalue weighted by Crippen LogP contribution is 2.64. The van der Waals surface area contributed by atoms with Crippen molar-refractivity contribution < 1.29 is 0 Å². The Labute approximate surface area is 106 Å². The lowest BCUT2D eigenvalue weighted by molar-refractivity contribution is 0.484. The van der Waals surface area contributed by atoms with Crippen LogP contribution < -0.4 is 5.73 Å². The summed E-state index contributed by atoms with van der Waals surface area (Å²) in [5.74, 6) is 0.752. The zero-order chi connectivity index (χ0) is 11.3. The van der Waals surface area contributed by atoms with E-state index >= 15 is 0 Å². The number of fused-ring (bicyclic) bond motifs is 1. The van der Waals surface area contributed by atoms with Crippen LogP contribution in [0.25, 0.3) is 0 Å². The average molecular weight is 256 g/mol. The first-order chi connectivity index (χ1) is 7.61. The molecule has 0 spiro atoms. The molecule has 2 N–H and O–H groups in total. The molecule has 0 heterocycles. The van der Waals surface area contributed by atoms with E-state index in [2.05, 4.69) is 6.07 Å². The summed E-state index contributed by atoms with van der Waals surface area (Å²) in [4.78, 5) is 0. The summed E-state index contributed by atoms with van der Waals surface area (Å²) < 4.78 is 0. The molecule has 0 bridgehead atoms. The molecule has 0 aliphatic heterocycles. The molecule has 3 rings (SSSR count). The zero-order valence-corrected chi connectivity index (χ0v) is 10.6. The predicted molar refractivity (Wildman–Crippen MR) is 67.9 cm³/mol. The zero-order valence-electron chi connectivity index (χ0n) is 9.05. The first kappa shape index (κ1) is 10.9. The summed E-state index contributed by atoms with van der Waals surface area (Å²) in [5.41, 5.74) is 7.86. The molecule has 2 aliphatic carbocycles. The van der Waals surface area contributed by atoms with Gasteiger partial charge in [-0.2, -0.15) is 0 Å². The molecule has 86 valence electrons. The van der Waals surface area contributed by atoms with Gasteiger partial charge in [0.15, 0.2) is 0 Å². The number of hydrogen-bond acceptors (Lipinski definition) is 1. The summed E-state index contributed by atoms with van der Waals surface area (Å²) in [6.07, 6.45) is 4.88. The van der Waals surface area contributed by atoms with Crippen LogP contribution in [0.2, 0.25) is 10.0 Å². The molecular weight excluding hydrogens is 241 g/mol. The Morgan fingerprint density at radius 3 is 2.69 bits per heavy atom. The molecule has 3 atom stereocenters. The van der Waals surface area contributed by atoms with Gasteiger partial charge in [-0.25, -0.2) is 0 Å². The quantitative estimate of drug-likeness (QED) is 0.858. The third-order valence-electron chi connectivity index (χ3n) is 4.29. The van der Waals surface area contributed by atoms with Crippen LogP contribution in [0.1, 0.15) is 24.8 Å². The molecule has 2 fully saturated rings. The summed E-state index contributed by atoms with van der Waals surface area (Å²) in [6.45, 7) is 0. The van der Waals surface area contributed by atoms with E-state index in [1.807, 2.05) is 12.1 Å². The fourth-order valence-electron chi connectivity index (χ4n) is 3.28. The Bertz CT molecular complexity index is 432. The second-order valence-corrected chi connectivity index (χ2v) is 6.12. The highest BCUT2D eigenvalue weighted by atomic mass is 35.5. The van der Waals surface area contributed by atoms with E-state index in [4.69, 9.17) is 28.9 Å². The minimum absolute atomic E-state index is 0.433. The Kier molecular flexibility index (Phi) is 2.47. The minimum atomic E-state index is 0.433. The lowest BCUT2D eigenvalue weighted by Gasteiger charge is -2.12. The van der Waals surface area contributed by atoms with E-state index < -0.39 is 0 Å². The maximum atomic E-state index is 6.07. The lowest BCUT2D eigenvalue weighted by atomic mass is 9.94. The number of nitrogens with two attached hydrogens (primary N) is 1. The van der Waals surface area contributed by atoms with Crippen molar-refractivity contribution in [3.63, 3.8) is 0 Å². The molecule has 3 heteroatoms. The Morgan fingerprint density at radius 1 is 1.31 bits per heavy atom. The predicted octanol–water partition coefficient (Wildman–Crippen LogP) is 3.66. The van der Waals surface area contributed by atoms with Crippen molar-refractivity contribution in [2.75, 3.05) is 0 Å². The van der Waals surface area contributed by atoms with Gasteiger partial charge in [-0.15, -0.1) is 0 Å². The second-order valence-electron chi connectivity index (χ2n) is 5.30. The van der Waals surface area contributed by atoms with Gasteiger partial charge in [0.05, 0.1) is 10.0 Å². The van der Waals surface area contributed by atoms with E-state index in [0.29, 0.717) is 21.5 Å². The molecule has 1 nitrogen and oxygen atoms in total. The molecular formula is C13H15Cl2N. The van der Waals surface area contributed by atoms with Crippen LogP contribution in [0.5, 0.6) is 0 Å². The monoisotopic (exact) mass is 255 g/mol. The van der Waals surface area contributed by atoms with Crippen LogP contribution in [-0.4, -0.2) is 6.04 Å². The fraction of sp³-hybridized carbons (Fsp3) is 0.538. The van der Waals surface area contributed by atoms with E-state index in [0.717, 1.165) is 12.3 Å². The van der Waals surface area contributed by atoms with Crippen molar-refractivity contribution in [2.45, 2.75) is 31.7 Å². The Balaban J connectivity index is 1.78. The number of hydrogen-bond donors (Lipinski definition) is 1. The SMILES string of the molecule is NC1CCC2(Cc3ccc(Cl)c(Cl)c3)CC12. The summed E-state index contributed by atoms with van der Waals surface area (Å²) in [7, 11) is 0. The lowest BCUT2D eigenvalue weighted by Crippen LogP contribution is -2.18. The van der Waals surface area contributed by atoms with Crippen molar-refractivity contribution in [1.82, 2.24) is 0 Å².